The van der Waals surface area contributed by atoms with E-state index in [2.05, 4.69) is 29.2 Å². The summed E-state index contributed by atoms with van der Waals surface area (Å²) in [7, 11) is 0.0978. The van der Waals surface area contributed by atoms with Gasteiger partial charge < -0.3 is 25.0 Å². The van der Waals surface area contributed by atoms with Crippen LogP contribution < -0.4 is 24.8 Å². The summed E-state index contributed by atoms with van der Waals surface area (Å²) in [6.07, 6.45) is 6.91. The lowest BCUT2D eigenvalue weighted by Crippen LogP contribution is -2.58. The van der Waals surface area contributed by atoms with Crippen molar-refractivity contribution in [2.24, 2.45) is 5.92 Å². The summed E-state index contributed by atoms with van der Waals surface area (Å²) in [5, 5.41) is 9.29. The molecular weight excluding hydrogens is 695 g/mol. The van der Waals surface area contributed by atoms with E-state index in [1.54, 1.807) is 7.11 Å². The van der Waals surface area contributed by atoms with Crippen LogP contribution >= 0.6 is 11.3 Å². The molecule has 51 heavy (non-hydrogen) atoms. The first kappa shape index (κ1) is 36.5. The summed E-state index contributed by atoms with van der Waals surface area (Å²) in [5.41, 5.74) is 0.747. The normalized spacial score (nSPS) is 24.3. The molecule has 1 saturated carbocycles. The molecule has 0 bridgehead atoms. The SMILES string of the molecule is COc1ccc2c(O[C@@H]3C[C@H]4C(=O)N[C@]5(C(=O)NS(=O)(=O)N(C)C)C[C@H]5C=CCCCCCNC(=O)N4C3)cc(-c3nc(C(C)C)cs3)nc2c1. The second kappa shape index (κ2) is 14.8. The average Bonchev–Trinajstić information content (AvgIpc) is 3.38. The largest absolute Gasteiger partial charge is 0.497 e. The van der Waals surface area contributed by atoms with Crippen molar-refractivity contribution in [2.75, 3.05) is 34.3 Å². The van der Waals surface area contributed by atoms with Crippen molar-refractivity contribution in [3.8, 4) is 22.2 Å². The summed E-state index contributed by atoms with van der Waals surface area (Å²) < 4.78 is 40.3. The van der Waals surface area contributed by atoms with Gasteiger partial charge in [-0.3, -0.25) is 9.59 Å². The molecule has 3 N–H and O–H groups in total. The van der Waals surface area contributed by atoms with Crippen LogP contribution in [0.1, 0.15) is 64.0 Å². The van der Waals surface area contributed by atoms with Gasteiger partial charge in [-0.25, -0.2) is 19.5 Å². The van der Waals surface area contributed by atoms with E-state index in [0.29, 0.717) is 29.3 Å². The van der Waals surface area contributed by atoms with E-state index in [1.165, 1.54) is 30.3 Å². The molecule has 3 aromatic rings. The Morgan fingerprint density at radius 1 is 1.16 bits per heavy atom. The second-order valence-corrected chi connectivity index (χ2v) is 16.5. The molecule has 2 aromatic heterocycles. The molecule has 3 aliphatic rings. The van der Waals surface area contributed by atoms with Crippen LogP contribution in [0.4, 0.5) is 4.79 Å². The lowest BCUT2D eigenvalue weighted by atomic mass is 10.1. The minimum atomic E-state index is -4.11. The Bertz CT molecular complexity index is 1950. The van der Waals surface area contributed by atoms with Crippen LogP contribution in [0.5, 0.6) is 11.5 Å². The number of hydrogen-bond donors (Lipinski definition) is 3. The molecule has 0 spiro atoms. The van der Waals surface area contributed by atoms with Crippen LogP contribution in [0.3, 0.4) is 0 Å². The van der Waals surface area contributed by atoms with E-state index in [9.17, 15) is 22.8 Å². The standard InChI is InChI=1S/C35H45N7O7S2/c1-21(2)28-20-50-32(38-28)27-17-30(25-13-12-23(48-5)15-26(25)37-27)49-24-16-29-31(43)39-35(33(44)40-51(46,47)41(3)4)18-22(35)11-9-7-6-8-10-14-36-34(45)42(29)19-24/h9,11-13,15,17,20-22,24,29H,6-8,10,14,16,18-19H2,1-5H3,(H,36,45)(H,39,43)(H,40,44)/t22-,24-,29+,35-/m1/s1. The van der Waals surface area contributed by atoms with Gasteiger partial charge in [0.15, 0.2) is 0 Å². The molecule has 4 amide bonds. The molecule has 14 nitrogen and oxygen atoms in total. The zero-order valence-electron chi connectivity index (χ0n) is 29.5. The van der Waals surface area contributed by atoms with Crippen molar-refractivity contribution in [1.82, 2.24) is 34.5 Å². The lowest BCUT2D eigenvalue weighted by molar-refractivity contribution is -0.131. The highest BCUT2D eigenvalue weighted by Crippen LogP contribution is 2.46. The van der Waals surface area contributed by atoms with Gasteiger partial charge in [0.25, 0.3) is 5.91 Å². The van der Waals surface area contributed by atoms with Gasteiger partial charge in [0.2, 0.25) is 5.91 Å². The Morgan fingerprint density at radius 3 is 2.69 bits per heavy atom. The van der Waals surface area contributed by atoms with E-state index < -0.39 is 51.7 Å². The van der Waals surface area contributed by atoms with Gasteiger partial charge in [0.05, 0.1) is 24.9 Å². The monoisotopic (exact) mass is 739 g/mol. The number of nitrogens with one attached hydrogen (secondary N) is 3. The number of rotatable bonds is 8. The predicted molar refractivity (Wildman–Crippen MR) is 194 cm³/mol. The molecule has 16 heteroatoms. The second-order valence-electron chi connectivity index (χ2n) is 13.8. The summed E-state index contributed by atoms with van der Waals surface area (Å²) >= 11 is 1.49. The molecule has 2 aliphatic heterocycles. The Kier molecular flexibility index (Phi) is 10.6. The lowest BCUT2D eigenvalue weighted by Gasteiger charge is -2.26. The number of nitrogens with zero attached hydrogens (tertiary/aromatic N) is 4. The van der Waals surface area contributed by atoms with Crippen molar-refractivity contribution in [2.45, 2.75) is 76.0 Å². The quantitative estimate of drug-likeness (QED) is 0.290. The molecule has 1 saturated heterocycles. The number of allylic oxidation sites excluding steroid dienone is 1. The maximum atomic E-state index is 14.1. The number of fused-ring (bicyclic) bond motifs is 3. The van der Waals surface area contributed by atoms with E-state index in [1.807, 2.05) is 41.8 Å². The Labute approximate surface area is 302 Å². The predicted octanol–water partition coefficient (Wildman–Crippen LogP) is 3.95. The first-order valence-electron chi connectivity index (χ1n) is 17.2. The van der Waals surface area contributed by atoms with Crippen LogP contribution in [0.15, 0.2) is 41.8 Å². The maximum absolute atomic E-state index is 14.1. The molecule has 2 fully saturated rings. The molecule has 0 unspecified atom stereocenters. The molecule has 1 aromatic carbocycles. The number of hydrogen-bond acceptors (Lipinski definition) is 10. The zero-order chi connectivity index (χ0) is 36.5. The number of thiazole rings is 1. The number of benzene rings is 1. The molecule has 274 valence electrons. The summed E-state index contributed by atoms with van der Waals surface area (Å²) in [6.45, 7) is 4.71. The summed E-state index contributed by atoms with van der Waals surface area (Å²) in [4.78, 5) is 52.4. The topological polar surface area (TPSA) is 172 Å². The van der Waals surface area contributed by atoms with E-state index in [4.69, 9.17) is 19.4 Å². The van der Waals surface area contributed by atoms with Crippen LogP contribution in [-0.2, 0) is 19.8 Å². The first-order valence-corrected chi connectivity index (χ1v) is 19.5. The van der Waals surface area contributed by atoms with E-state index in [-0.39, 0.29) is 25.3 Å². The highest BCUT2D eigenvalue weighted by Gasteiger charge is 2.61. The number of carbonyl (C=O) groups excluding carboxylic acids is 3. The van der Waals surface area contributed by atoms with Gasteiger partial charge in [0, 0.05) is 55.9 Å². The Hall–Kier alpha value is -4.28. The van der Waals surface area contributed by atoms with E-state index in [0.717, 1.165) is 46.1 Å². The van der Waals surface area contributed by atoms with Crippen molar-refractivity contribution in [1.29, 1.82) is 0 Å². The van der Waals surface area contributed by atoms with E-state index >= 15 is 0 Å². The van der Waals surface area contributed by atoms with Gasteiger partial charge in [-0.15, -0.1) is 11.3 Å². The molecule has 6 rings (SSSR count). The molecular formula is C35H45N7O7S2. The van der Waals surface area contributed by atoms with Crippen LogP contribution in [0.2, 0.25) is 0 Å². The van der Waals surface area contributed by atoms with Crippen molar-refractivity contribution >= 4 is 50.3 Å². The molecule has 0 radical (unpaired) electrons. The van der Waals surface area contributed by atoms with Gasteiger partial charge in [0.1, 0.15) is 39.9 Å². The first-order chi connectivity index (χ1) is 24.3. The van der Waals surface area contributed by atoms with Crippen LogP contribution in [0, 0.1) is 5.92 Å². The minimum absolute atomic E-state index is 0.103. The maximum Gasteiger partial charge on any atom is 0.318 e. The highest BCUT2D eigenvalue weighted by atomic mass is 32.2. The number of methoxy groups -OCH3 is 1. The molecule has 4 atom stereocenters. The highest BCUT2D eigenvalue weighted by molar-refractivity contribution is 7.87. The number of ether oxygens (including phenoxy) is 2. The third kappa shape index (κ3) is 7.82. The zero-order valence-corrected chi connectivity index (χ0v) is 31.1. The number of amides is 4. The van der Waals surface area contributed by atoms with Gasteiger partial charge >= 0.3 is 16.2 Å². The van der Waals surface area contributed by atoms with Crippen LogP contribution in [0.25, 0.3) is 21.6 Å². The third-order valence-electron chi connectivity index (χ3n) is 9.59. The van der Waals surface area contributed by atoms with Crippen molar-refractivity contribution in [3.63, 3.8) is 0 Å². The van der Waals surface area contributed by atoms with Gasteiger partial charge in [-0.2, -0.15) is 12.7 Å². The van der Waals surface area contributed by atoms with Crippen LogP contribution in [-0.4, -0.2) is 97.4 Å². The van der Waals surface area contributed by atoms with Crippen molar-refractivity contribution < 1.29 is 32.3 Å². The number of carbonyl (C=O) groups is 3. The average molecular weight is 740 g/mol. The van der Waals surface area contributed by atoms with Gasteiger partial charge in [-0.05, 0) is 43.7 Å². The van der Waals surface area contributed by atoms with Gasteiger partial charge in [-0.1, -0.05) is 32.4 Å². The fourth-order valence-corrected chi connectivity index (χ4v) is 7.96. The van der Waals surface area contributed by atoms with Crippen molar-refractivity contribution in [3.05, 3.63) is 47.5 Å². The minimum Gasteiger partial charge on any atom is -0.497 e. The molecule has 4 heterocycles. The fourth-order valence-electron chi connectivity index (χ4n) is 6.42. The Balaban J connectivity index is 1.31. The number of pyridine rings is 1. The molecule has 1 aliphatic carbocycles. The fraction of sp³-hybridized carbons (Fsp3) is 0.514. The summed E-state index contributed by atoms with van der Waals surface area (Å²) in [6, 6.07) is 5.94. The summed E-state index contributed by atoms with van der Waals surface area (Å²) in [5.74, 6) is -0.389. The smallest absolute Gasteiger partial charge is 0.318 e. The number of aromatic nitrogens is 2. The third-order valence-corrected chi connectivity index (χ3v) is 11.9. The Morgan fingerprint density at radius 2 is 1.96 bits per heavy atom. The number of urea groups is 1.